The van der Waals surface area contributed by atoms with Crippen molar-refractivity contribution in [2.24, 2.45) is 7.05 Å². The standard InChI is InChI=1S/C21H24N4O3/c1-23-15-17(2-5-20(23)26)21(27)22-18-3-4-19-16(14-18)6-7-25(19)9-8-24-10-12-28-13-11-24/h2-7,14-15H,8-13H2,1H3,(H,22,27). The summed E-state index contributed by atoms with van der Waals surface area (Å²) in [5.74, 6) is -0.235. The van der Waals surface area contributed by atoms with Gasteiger partial charge in [0.2, 0.25) is 5.56 Å². The predicted molar refractivity (Wildman–Crippen MR) is 109 cm³/mol. The molecule has 1 amide bonds. The molecule has 1 saturated heterocycles. The Morgan fingerprint density at radius 1 is 1.11 bits per heavy atom. The molecule has 0 unspecified atom stereocenters. The minimum Gasteiger partial charge on any atom is -0.379 e. The maximum atomic E-state index is 12.4. The van der Waals surface area contributed by atoms with Crippen LogP contribution in [0.4, 0.5) is 5.69 Å². The third-order valence-electron chi connectivity index (χ3n) is 5.14. The van der Waals surface area contributed by atoms with Gasteiger partial charge in [0.15, 0.2) is 0 Å². The molecule has 3 aromatic rings. The first-order chi connectivity index (χ1) is 13.6. The number of nitrogens with zero attached hydrogens (tertiary/aromatic N) is 3. The number of fused-ring (bicyclic) bond motifs is 1. The highest BCUT2D eigenvalue weighted by molar-refractivity contribution is 6.04. The third-order valence-corrected chi connectivity index (χ3v) is 5.14. The van der Waals surface area contributed by atoms with Gasteiger partial charge in [-0.25, -0.2) is 0 Å². The highest BCUT2D eigenvalue weighted by Crippen LogP contribution is 2.21. The predicted octanol–water partition coefficient (Wildman–Crippen LogP) is 1.92. The fraction of sp³-hybridized carbons (Fsp3) is 0.333. The van der Waals surface area contributed by atoms with Crippen molar-refractivity contribution in [3.63, 3.8) is 0 Å². The average molecular weight is 380 g/mol. The lowest BCUT2D eigenvalue weighted by Gasteiger charge is -2.26. The van der Waals surface area contributed by atoms with Gasteiger partial charge in [0.25, 0.3) is 5.91 Å². The maximum absolute atomic E-state index is 12.4. The van der Waals surface area contributed by atoms with Gasteiger partial charge in [0, 0.05) is 68.3 Å². The molecule has 1 N–H and O–H groups in total. The molecular formula is C21H24N4O3. The highest BCUT2D eigenvalue weighted by atomic mass is 16.5. The molecule has 0 aliphatic carbocycles. The molecule has 1 fully saturated rings. The van der Waals surface area contributed by atoms with Crippen LogP contribution in [0.25, 0.3) is 10.9 Å². The lowest BCUT2D eigenvalue weighted by atomic mass is 10.2. The summed E-state index contributed by atoms with van der Waals surface area (Å²) in [5, 5.41) is 3.99. The van der Waals surface area contributed by atoms with Crippen LogP contribution in [0, 0.1) is 0 Å². The number of hydrogen-bond donors (Lipinski definition) is 1. The monoisotopic (exact) mass is 380 g/mol. The van der Waals surface area contributed by atoms with Crippen LogP contribution >= 0.6 is 0 Å². The van der Waals surface area contributed by atoms with Crippen molar-refractivity contribution in [1.29, 1.82) is 0 Å². The minimum absolute atomic E-state index is 0.142. The van der Waals surface area contributed by atoms with Gasteiger partial charge in [-0.15, -0.1) is 0 Å². The Labute approximate surface area is 163 Å². The second-order valence-electron chi connectivity index (χ2n) is 7.06. The number of aromatic nitrogens is 2. The Bertz CT molecular complexity index is 1050. The average Bonchev–Trinajstić information content (AvgIpc) is 3.11. The first-order valence-corrected chi connectivity index (χ1v) is 9.47. The molecule has 146 valence electrons. The van der Waals surface area contributed by atoms with E-state index >= 15 is 0 Å². The molecule has 7 nitrogen and oxygen atoms in total. The quantitative estimate of drug-likeness (QED) is 0.734. The Kier molecular flexibility index (Phi) is 5.27. The maximum Gasteiger partial charge on any atom is 0.257 e. The van der Waals surface area contributed by atoms with Crippen molar-refractivity contribution in [2.75, 3.05) is 38.2 Å². The zero-order chi connectivity index (χ0) is 19.5. The molecule has 1 aromatic carbocycles. The summed E-state index contributed by atoms with van der Waals surface area (Å²) in [6.07, 6.45) is 3.63. The number of carbonyl (C=O) groups excluding carboxylic acids is 1. The first-order valence-electron chi connectivity index (χ1n) is 9.47. The molecule has 28 heavy (non-hydrogen) atoms. The zero-order valence-corrected chi connectivity index (χ0v) is 15.9. The smallest absolute Gasteiger partial charge is 0.257 e. The normalized spacial score (nSPS) is 15.0. The van der Waals surface area contributed by atoms with E-state index in [2.05, 4.69) is 27.0 Å². The molecule has 0 saturated carbocycles. The number of carbonyl (C=O) groups is 1. The van der Waals surface area contributed by atoms with Crippen LogP contribution in [0.5, 0.6) is 0 Å². The number of hydrogen-bond acceptors (Lipinski definition) is 4. The van der Waals surface area contributed by atoms with Gasteiger partial charge in [-0.1, -0.05) is 0 Å². The summed E-state index contributed by atoms with van der Waals surface area (Å²) in [4.78, 5) is 26.3. The molecule has 2 aromatic heterocycles. The second-order valence-corrected chi connectivity index (χ2v) is 7.06. The van der Waals surface area contributed by atoms with E-state index in [4.69, 9.17) is 4.74 Å². The zero-order valence-electron chi connectivity index (χ0n) is 15.9. The number of anilines is 1. The third kappa shape index (κ3) is 4.00. The van der Waals surface area contributed by atoms with Gasteiger partial charge < -0.3 is 19.2 Å². The fourth-order valence-corrected chi connectivity index (χ4v) is 3.48. The van der Waals surface area contributed by atoms with E-state index in [1.165, 1.54) is 22.9 Å². The van der Waals surface area contributed by atoms with Crippen LogP contribution in [0.3, 0.4) is 0 Å². The minimum atomic E-state index is -0.235. The van der Waals surface area contributed by atoms with Crippen LogP contribution in [0.1, 0.15) is 10.4 Å². The lowest BCUT2D eigenvalue weighted by molar-refractivity contribution is 0.0365. The molecule has 0 spiro atoms. The van der Waals surface area contributed by atoms with E-state index in [0.717, 1.165) is 56.0 Å². The highest BCUT2D eigenvalue weighted by Gasteiger charge is 2.11. The summed E-state index contributed by atoms with van der Waals surface area (Å²) in [7, 11) is 1.63. The van der Waals surface area contributed by atoms with Gasteiger partial charge >= 0.3 is 0 Å². The van der Waals surface area contributed by atoms with E-state index in [-0.39, 0.29) is 11.5 Å². The Morgan fingerprint density at radius 3 is 2.71 bits per heavy atom. The molecule has 0 radical (unpaired) electrons. The van der Waals surface area contributed by atoms with Crippen LogP contribution < -0.4 is 10.9 Å². The number of nitrogens with one attached hydrogen (secondary N) is 1. The van der Waals surface area contributed by atoms with Crippen LogP contribution in [-0.2, 0) is 18.3 Å². The SMILES string of the molecule is Cn1cc(C(=O)Nc2ccc3c(ccn3CCN3CCOCC3)c2)ccc1=O. The topological polar surface area (TPSA) is 68.5 Å². The number of pyridine rings is 1. The van der Waals surface area contributed by atoms with Crippen molar-refractivity contribution >= 4 is 22.5 Å². The van der Waals surface area contributed by atoms with Crippen molar-refractivity contribution < 1.29 is 9.53 Å². The number of rotatable bonds is 5. The molecule has 3 heterocycles. The largest absolute Gasteiger partial charge is 0.379 e. The van der Waals surface area contributed by atoms with E-state index in [1.807, 2.05) is 18.2 Å². The summed E-state index contributed by atoms with van der Waals surface area (Å²) < 4.78 is 9.03. The van der Waals surface area contributed by atoms with Crippen molar-refractivity contribution in [3.05, 3.63) is 64.7 Å². The second kappa shape index (κ2) is 8.00. The van der Waals surface area contributed by atoms with Gasteiger partial charge in [-0.3, -0.25) is 14.5 Å². The summed E-state index contributed by atoms with van der Waals surface area (Å²) in [6.45, 7) is 5.52. The van der Waals surface area contributed by atoms with Crippen molar-refractivity contribution in [2.45, 2.75) is 6.54 Å². The van der Waals surface area contributed by atoms with Gasteiger partial charge in [0.05, 0.1) is 18.8 Å². The molecule has 0 atom stereocenters. The van der Waals surface area contributed by atoms with Gasteiger partial charge in [-0.05, 0) is 30.3 Å². The number of benzene rings is 1. The van der Waals surface area contributed by atoms with Crippen LogP contribution in [-0.4, -0.2) is 52.8 Å². The lowest BCUT2D eigenvalue weighted by Crippen LogP contribution is -2.38. The molecular weight excluding hydrogens is 356 g/mol. The van der Waals surface area contributed by atoms with Gasteiger partial charge in [0.1, 0.15) is 0 Å². The summed E-state index contributed by atoms with van der Waals surface area (Å²) >= 11 is 0. The van der Waals surface area contributed by atoms with E-state index in [9.17, 15) is 9.59 Å². The number of aryl methyl sites for hydroxylation is 1. The Hall–Kier alpha value is -2.90. The molecule has 1 aliphatic rings. The van der Waals surface area contributed by atoms with Crippen molar-refractivity contribution in [3.8, 4) is 0 Å². The summed E-state index contributed by atoms with van der Waals surface area (Å²) in [6, 6.07) is 10.9. The van der Waals surface area contributed by atoms with Crippen molar-refractivity contribution in [1.82, 2.24) is 14.0 Å². The van der Waals surface area contributed by atoms with Gasteiger partial charge in [-0.2, -0.15) is 0 Å². The van der Waals surface area contributed by atoms with E-state index < -0.39 is 0 Å². The molecule has 4 rings (SSSR count). The summed E-state index contributed by atoms with van der Waals surface area (Å²) in [5.41, 5.74) is 2.19. The van der Waals surface area contributed by atoms with Crippen LogP contribution in [0.15, 0.2) is 53.6 Å². The fourth-order valence-electron chi connectivity index (χ4n) is 3.48. The van der Waals surface area contributed by atoms with E-state index in [1.54, 1.807) is 7.05 Å². The first kappa shape index (κ1) is 18.5. The number of ether oxygens (including phenoxy) is 1. The Morgan fingerprint density at radius 2 is 1.93 bits per heavy atom. The number of morpholine rings is 1. The van der Waals surface area contributed by atoms with E-state index in [0.29, 0.717) is 5.56 Å². The molecule has 7 heteroatoms. The molecule has 1 aliphatic heterocycles. The molecule has 0 bridgehead atoms. The Balaban J connectivity index is 1.45. The number of amides is 1. The van der Waals surface area contributed by atoms with Crippen LogP contribution in [0.2, 0.25) is 0 Å².